The molecule has 0 saturated carbocycles. The number of fused-ring (bicyclic) bond motifs is 1. The minimum Gasteiger partial charge on any atom is -0.495 e. The van der Waals surface area contributed by atoms with Gasteiger partial charge in [-0.15, -0.1) is 0 Å². The van der Waals surface area contributed by atoms with E-state index in [4.69, 9.17) is 25.8 Å². The largest absolute Gasteiger partial charge is 0.495 e. The monoisotopic (exact) mass is 450 g/mol. The van der Waals surface area contributed by atoms with Crippen molar-refractivity contribution in [2.24, 2.45) is 0 Å². The van der Waals surface area contributed by atoms with Crippen LogP contribution in [-0.4, -0.2) is 44.4 Å². The van der Waals surface area contributed by atoms with E-state index >= 15 is 0 Å². The van der Waals surface area contributed by atoms with Crippen LogP contribution in [0.1, 0.15) is 23.2 Å². The topological polar surface area (TPSA) is 60.9 Å². The molecule has 4 rings (SSSR count). The van der Waals surface area contributed by atoms with Crippen molar-refractivity contribution in [3.05, 3.63) is 46.7 Å². The quantitative estimate of drug-likeness (QED) is 0.532. The molecule has 1 fully saturated rings. The highest BCUT2D eigenvalue weighted by Gasteiger charge is 2.29. The second-order valence-electron chi connectivity index (χ2n) is 6.82. The zero-order chi connectivity index (χ0) is 21.3. The van der Waals surface area contributed by atoms with Gasteiger partial charge in [0.25, 0.3) is 5.91 Å². The average Bonchev–Trinajstić information content (AvgIpc) is 3.40. The summed E-state index contributed by atoms with van der Waals surface area (Å²) in [4.78, 5) is 19.6. The highest BCUT2D eigenvalue weighted by molar-refractivity contribution is 7.22. The third-order valence-electron chi connectivity index (χ3n) is 4.95. The fourth-order valence-corrected chi connectivity index (χ4v) is 4.77. The van der Waals surface area contributed by atoms with Gasteiger partial charge in [0.05, 0.1) is 37.5 Å². The summed E-state index contributed by atoms with van der Waals surface area (Å²) < 4.78 is 30.9. The Morgan fingerprint density at radius 1 is 1.30 bits per heavy atom. The molecule has 1 atom stereocenters. The summed E-state index contributed by atoms with van der Waals surface area (Å²) in [7, 11) is 3.14. The molecule has 6 nitrogen and oxygen atoms in total. The van der Waals surface area contributed by atoms with Gasteiger partial charge in [-0.1, -0.05) is 22.9 Å². The van der Waals surface area contributed by atoms with Crippen molar-refractivity contribution in [2.75, 3.05) is 32.3 Å². The lowest BCUT2D eigenvalue weighted by Crippen LogP contribution is -2.37. The molecule has 30 heavy (non-hydrogen) atoms. The van der Waals surface area contributed by atoms with E-state index in [0.29, 0.717) is 35.3 Å². The fraction of sp³-hybridized carbons (Fsp3) is 0.333. The van der Waals surface area contributed by atoms with Crippen molar-refractivity contribution in [2.45, 2.75) is 18.9 Å². The maximum Gasteiger partial charge on any atom is 0.261 e. The highest BCUT2D eigenvalue weighted by Crippen LogP contribution is 2.41. The van der Waals surface area contributed by atoms with Crippen LogP contribution in [0.4, 0.5) is 9.52 Å². The summed E-state index contributed by atoms with van der Waals surface area (Å²) >= 11 is 7.49. The summed E-state index contributed by atoms with van der Waals surface area (Å²) in [6.07, 6.45) is 1.67. The number of anilines is 1. The number of thiazole rings is 1. The Morgan fingerprint density at radius 2 is 2.07 bits per heavy atom. The number of ether oxygens (including phenoxy) is 3. The number of carbonyl (C=O) groups is 1. The number of aromatic nitrogens is 1. The van der Waals surface area contributed by atoms with Crippen LogP contribution in [0.15, 0.2) is 30.3 Å². The van der Waals surface area contributed by atoms with Crippen molar-refractivity contribution in [3.63, 3.8) is 0 Å². The molecule has 0 bridgehead atoms. The number of hydrogen-bond donors (Lipinski definition) is 0. The Bertz CT molecular complexity index is 1040. The first-order valence-electron chi connectivity index (χ1n) is 9.42. The summed E-state index contributed by atoms with van der Waals surface area (Å²) in [5, 5.41) is 0.516. The lowest BCUT2D eigenvalue weighted by molar-refractivity contribution is 0.0917. The zero-order valence-electron chi connectivity index (χ0n) is 16.5. The van der Waals surface area contributed by atoms with Gasteiger partial charge in [0.2, 0.25) is 0 Å². The van der Waals surface area contributed by atoms with Crippen molar-refractivity contribution in [1.29, 1.82) is 0 Å². The Labute approximate surface area is 182 Å². The molecule has 1 unspecified atom stereocenters. The van der Waals surface area contributed by atoms with Gasteiger partial charge >= 0.3 is 0 Å². The second-order valence-corrected chi connectivity index (χ2v) is 8.20. The molecule has 2 aromatic carbocycles. The number of halogens is 2. The molecule has 1 amide bonds. The van der Waals surface area contributed by atoms with E-state index in [2.05, 4.69) is 4.98 Å². The molecule has 0 aliphatic carbocycles. The van der Waals surface area contributed by atoms with E-state index in [1.807, 2.05) is 0 Å². The Balaban J connectivity index is 1.80. The molecule has 0 spiro atoms. The van der Waals surface area contributed by atoms with E-state index in [9.17, 15) is 9.18 Å². The number of rotatable bonds is 6. The molecule has 1 aliphatic rings. The van der Waals surface area contributed by atoms with Crippen molar-refractivity contribution >= 4 is 44.2 Å². The molecule has 0 N–H and O–H groups in total. The highest BCUT2D eigenvalue weighted by atomic mass is 35.5. The summed E-state index contributed by atoms with van der Waals surface area (Å²) in [5.74, 6) is 0.348. The Kier molecular flexibility index (Phi) is 6.08. The average molecular weight is 451 g/mol. The first-order chi connectivity index (χ1) is 14.5. The predicted octanol–water partition coefficient (Wildman–Crippen LogP) is 4.93. The Hall–Kier alpha value is -2.42. The van der Waals surface area contributed by atoms with Crippen LogP contribution < -0.4 is 14.4 Å². The standard InChI is InChI=1S/C21H20ClFN2O4S/c1-27-16-7-8-17(28-2)19-18(16)24-21(30-19)25(11-13-4-3-9-29-13)20(26)14-6-5-12(23)10-15(14)22/h5-8,10,13H,3-4,9,11H2,1-2H3. The van der Waals surface area contributed by atoms with Crippen LogP contribution in [0.5, 0.6) is 11.5 Å². The van der Waals surface area contributed by atoms with E-state index in [-0.39, 0.29) is 22.6 Å². The van der Waals surface area contributed by atoms with Gasteiger partial charge in [-0.25, -0.2) is 9.37 Å². The molecule has 2 heterocycles. The van der Waals surface area contributed by atoms with Crippen molar-refractivity contribution < 1.29 is 23.4 Å². The molecule has 158 valence electrons. The van der Waals surface area contributed by atoms with Gasteiger partial charge in [0, 0.05) is 6.61 Å². The normalized spacial score (nSPS) is 16.1. The molecule has 9 heteroatoms. The van der Waals surface area contributed by atoms with Gasteiger partial charge in [-0.2, -0.15) is 0 Å². The summed E-state index contributed by atoms with van der Waals surface area (Å²) in [6, 6.07) is 7.30. The van der Waals surface area contributed by atoms with E-state index in [1.165, 1.54) is 23.5 Å². The molecule has 1 aromatic heterocycles. The lowest BCUT2D eigenvalue weighted by atomic mass is 10.1. The van der Waals surface area contributed by atoms with Crippen LogP contribution >= 0.6 is 22.9 Å². The smallest absolute Gasteiger partial charge is 0.261 e. The summed E-state index contributed by atoms with van der Waals surface area (Å²) in [5.41, 5.74) is 0.807. The minimum absolute atomic E-state index is 0.0496. The van der Waals surface area contributed by atoms with Crippen LogP contribution in [0.3, 0.4) is 0 Å². The number of carbonyl (C=O) groups excluding carboxylic acids is 1. The summed E-state index contributed by atoms with van der Waals surface area (Å²) in [6.45, 7) is 0.975. The molecule has 0 radical (unpaired) electrons. The van der Waals surface area contributed by atoms with E-state index < -0.39 is 5.82 Å². The Morgan fingerprint density at radius 3 is 2.73 bits per heavy atom. The first kappa shape index (κ1) is 20.8. The second kappa shape index (κ2) is 8.75. The van der Waals surface area contributed by atoms with Gasteiger partial charge in [0.15, 0.2) is 5.13 Å². The van der Waals surface area contributed by atoms with E-state index in [0.717, 1.165) is 23.6 Å². The van der Waals surface area contributed by atoms with Gasteiger partial charge < -0.3 is 14.2 Å². The molecule has 3 aromatic rings. The molecular weight excluding hydrogens is 431 g/mol. The van der Waals surface area contributed by atoms with Crippen LogP contribution in [0.2, 0.25) is 5.02 Å². The number of hydrogen-bond acceptors (Lipinski definition) is 6. The predicted molar refractivity (Wildman–Crippen MR) is 115 cm³/mol. The SMILES string of the molecule is COc1ccc(OC)c2sc(N(CC3CCCO3)C(=O)c3ccc(F)cc3Cl)nc12. The maximum absolute atomic E-state index is 13.5. The van der Waals surface area contributed by atoms with Crippen LogP contribution in [-0.2, 0) is 4.74 Å². The van der Waals surface area contributed by atoms with Gasteiger partial charge in [0.1, 0.15) is 27.5 Å². The van der Waals surface area contributed by atoms with Crippen molar-refractivity contribution in [3.8, 4) is 11.5 Å². The third kappa shape index (κ3) is 3.95. The minimum atomic E-state index is -0.503. The maximum atomic E-state index is 13.5. The number of amides is 1. The number of benzene rings is 2. The number of nitrogens with zero attached hydrogens (tertiary/aromatic N) is 2. The third-order valence-corrected chi connectivity index (χ3v) is 6.35. The lowest BCUT2D eigenvalue weighted by Gasteiger charge is -2.23. The van der Waals surface area contributed by atoms with E-state index in [1.54, 1.807) is 31.3 Å². The van der Waals surface area contributed by atoms with Gasteiger partial charge in [-0.3, -0.25) is 9.69 Å². The molecule has 1 aliphatic heterocycles. The number of methoxy groups -OCH3 is 2. The molecular formula is C21H20ClFN2O4S. The molecule has 1 saturated heterocycles. The zero-order valence-corrected chi connectivity index (χ0v) is 18.1. The van der Waals surface area contributed by atoms with Crippen LogP contribution in [0.25, 0.3) is 10.2 Å². The van der Waals surface area contributed by atoms with Crippen LogP contribution in [0, 0.1) is 5.82 Å². The fourth-order valence-electron chi connectivity index (χ4n) is 3.44. The van der Waals surface area contributed by atoms with Gasteiger partial charge in [-0.05, 0) is 43.2 Å². The van der Waals surface area contributed by atoms with Crippen molar-refractivity contribution in [1.82, 2.24) is 4.98 Å². The first-order valence-corrected chi connectivity index (χ1v) is 10.6.